The van der Waals surface area contributed by atoms with Gasteiger partial charge in [0, 0.05) is 18.6 Å². The van der Waals surface area contributed by atoms with Crippen LogP contribution in [0.4, 0.5) is 13.2 Å². The molecule has 0 radical (unpaired) electrons. The number of nitrogens with zero attached hydrogens (tertiary/aromatic N) is 1. The van der Waals surface area contributed by atoms with Gasteiger partial charge in [0.05, 0.1) is 11.5 Å². The molecule has 0 bridgehead atoms. The average Bonchev–Trinajstić information content (AvgIpc) is 2.54. The van der Waals surface area contributed by atoms with Crippen LogP contribution in [0.5, 0.6) is 0 Å². The lowest BCUT2D eigenvalue weighted by atomic mass is 9.86. The molecule has 4 nitrogen and oxygen atoms in total. The Hall–Kier alpha value is -1.60. The largest absolute Gasteiger partial charge is 0.481 e. The lowest BCUT2D eigenvalue weighted by molar-refractivity contribution is -0.143. The van der Waals surface area contributed by atoms with Gasteiger partial charge in [0.15, 0.2) is 0 Å². The molecule has 7 heteroatoms. The molecule has 0 saturated heterocycles. The second-order valence-corrected chi connectivity index (χ2v) is 6.90. The zero-order valence-corrected chi connectivity index (χ0v) is 14.5. The van der Waals surface area contributed by atoms with Gasteiger partial charge in [-0.3, -0.25) is 4.79 Å². The topological polar surface area (TPSA) is 52.6 Å². The number of nitrogens with one attached hydrogen (secondary N) is 1. The predicted octanol–water partition coefficient (Wildman–Crippen LogP) is 3.54. The molecule has 2 rings (SSSR count). The summed E-state index contributed by atoms with van der Waals surface area (Å²) in [7, 11) is 3.68. The van der Waals surface area contributed by atoms with Gasteiger partial charge in [0.1, 0.15) is 0 Å². The SMILES string of the molecule is CN(C)C(CNC1CCC(C(=O)O)CC1)c1cccc(C(F)(F)F)c1. The Morgan fingerprint density at radius 3 is 2.44 bits per heavy atom. The van der Waals surface area contributed by atoms with Crippen molar-refractivity contribution in [1.29, 1.82) is 0 Å². The highest BCUT2D eigenvalue weighted by molar-refractivity contribution is 5.70. The maximum atomic E-state index is 12.9. The molecule has 1 saturated carbocycles. The first kappa shape index (κ1) is 19.7. The van der Waals surface area contributed by atoms with Crippen molar-refractivity contribution >= 4 is 5.97 Å². The number of carboxylic acid groups (broad SMARTS) is 1. The molecule has 2 N–H and O–H groups in total. The van der Waals surface area contributed by atoms with Gasteiger partial charge >= 0.3 is 12.1 Å². The van der Waals surface area contributed by atoms with E-state index >= 15 is 0 Å². The molecule has 1 atom stereocenters. The summed E-state index contributed by atoms with van der Waals surface area (Å²) in [5.74, 6) is -1.01. The summed E-state index contributed by atoms with van der Waals surface area (Å²) in [6.07, 6.45) is -1.51. The summed E-state index contributed by atoms with van der Waals surface area (Å²) in [6.45, 7) is 0.525. The molecule has 25 heavy (non-hydrogen) atoms. The van der Waals surface area contributed by atoms with Crippen LogP contribution in [-0.2, 0) is 11.0 Å². The van der Waals surface area contributed by atoms with E-state index in [1.54, 1.807) is 6.07 Å². The van der Waals surface area contributed by atoms with E-state index < -0.39 is 17.7 Å². The fraction of sp³-hybridized carbons (Fsp3) is 0.611. The molecular formula is C18H25F3N2O2. The predicted molar refractivity (Wildman–Crippen MR) is 89.3 cm³/mol. The lowest BCUT2D eigenvalue weighted by Crippen LogP contribution is -2.40. The molecule has 0 spiro atoms. The first-order valence-electron chi connectivity index (χ1n) is 8.48. The zero-order valence-electron chi connectivity index (χ0n) is 14.5. The molecule has 1 aliphatic rings. The fourth-order valence-electron chi connectivity index (χ4n) is 3.34. The van der Waals surface area contributed by atoms with Gasteiger partial charge in [-0.25, -0.2) is 0 Å². The van der Waals surface area contributed by atoms with Crippen LogP contribution in [0.15, 0.2) is 24.3 Å². The minimum Gasteiger partial charge on any atom is -0.481 e. The molecule has 0 aliphatic heterocycles. The number of halogens is 3. The molecule has 1 fully saturated rings. The van der Waals surface area contributed by atoms with E-state index in [-0.39, 0.29) is 18.0 Å². The van der Waals surface area contributed by atoms with Crippen molar-refractivity contribution in [3.63, 3.8) is 0 Å². The standard InChI is InChI=1S/C18H25F3N2O2/c1-23(2)16(13-4-3-5-14(10-13)18(19,20)21)11-22-15-8-6-12(7-9-15)17(24)25/h3-5,10,12,15-16,22H,6-9,11H2,1-2H3,(H,24,25). The van der Waals surface area contributed by atoms with Crippen molar-refractivity contribution in [2.75, 3.05) is 20.6 Å². The monoisotopic (exact) mass is 358 g/mol. The van der Waals surface area contributed by atoms with Gasteiger partial charge in [-0.15, -0.1) is 0 Å². The van der Waals surface area contributed by atoms with Crippen molar-refractivity contribution in [1.82, 2.24) is 10.2 Å². The maximum absolute atomic E-state index is 12.9. The molecular weight excluding hydrogens is 333 g/mol. The Morgan fingerprint density at radius 2 is 1.92 bits per heavy atom. The second kappa shape index (κ2) is 8.19. The van der Waals surface area contributed by atoms with E-state index in [0.717, 1.165) is 18.9 Å². The Labute approximate surface area is 146 Å². The number of rotatable bonds is 6. The first-order chi connectivity index (χ1) is 11.7. The van der Waals surface area contributed by atoms with E-state index in [1.807, 2.05) is 19.0 Å². The van der Waals surface area contributed by atoms with Gasteiger partial charge in [0.25, 0.3) is 0 Å². The minimum absolute atomic E-state index is 0.181. The van der Waals surface area contributed by atoms with E-state index in [0.29, 0.717) is 24.9 Å². The summed E-state index contributed by atoms with van der Waals surface area (Å²) in [4.78, 5) is 12.9. The van der Waals surface area contributed by atoms with E-state index in [1.165, 1.54) is 12.1 Å². The summed E-state index contributed by atoms with van der Waals surface area (Å²) in [6, 6.07) is 5.46. The van der Waals surface area contributed by atoms with Gasteiger partial charge < -0.3 is 15.3 Å². The Morgan fingerprint density at radius 1 is 1.28 bits per heavy atom. The van der Waals surface area contributed by atoms with E-state index in [9.17, 15) is 18.0 Å². The summed E-state index contributed by atoms with van der Waals surface area (Å²) >= 11 is 0. The maximum Gasteiger partial charge on any atom is 0.416 e. The lowest BCUT2D eigenvalue weighted by Gasteiger charge is -2.31. The zero-order chi connectivity index (χ0) is 18.6. The summed E-state index contributed by atoms with van der Waals surface area (Å²) in [5.41, 5.74) is -0.0228. The van der Waals surface area contributed by atoms with Crippen LogP contribution in [-0.4, -0.2) is 42.7 Å². The van der Waals surface area contributed by atoms with Crippen LogP contribution < -0.4 is 5.32 Å². The first-order valence-corrected chi connectivity index (χ1v) is 8.48. The highest BCUT2D eigenvalue weighted by Crippen LogP contribution is 2.31. The van der Waals surface area contributed by atoms with Gasteiger partial charge in [-0.05, 0) is 57.5 Å². The van der Waals surface area contributed by atoms with Crippen molar-refractivity contribution < 1.29 is 23.1 Å². The fourth-order valence-corrected chi connectivity index (χ4v) is 3.34. The second-order valence-electron chi connectivity index (χ2n) is 6.90. The third-order valence-electron chi connectivity index (χ3n) is 4.90. The van der Waals surface area contributed by atoms with Crippen LogP contribution in [0.25, 0.3) is 0 Å². The number of aliphatic carboxylic acids is 1. The molecule has 1 unspecified atom stereocenters. The number of carbonyl (C=O) groups is 1. The number of carboxylic acids is 1. The number of alkyl halides is 3. The number of benzene rings is 1. The van der Waals surface area contributed by atoms with Gasteiger partial charge in [0.2, 0.25) is 0 Å². The van der Waals surface area contributed by atoms with Gasteiger partial charge in [-0.1, -0.05) is 12.1 Å². The normalized spacial score (nSPS) is 22.8. The highest BCUT2D eigenvalue weighted by Gasteiger charge is 2.31. The Balaban J connectivity index is 1.99. The average molecular weight is 358 g/mol. The number of hydrogen-bond acceptors (Lipinski definition) is 3. The van der Waals surface area contributed by atoms with Crippen molar-refractivity contribution in [3.8, 4) is 0 Å². The van der Waals surface area contributed by atoms with Crippen molar-refractivity contribution in [2.24, 2.45) is 5.92 Å². The van der Waals surface area contributed by atoms with Crippen molar-refractivity contribution in [3.05, 3.63) is 35.4 Å². The van der Waals surface area contributed by atoms with Crippen molar-refractivity contribution in [2.45, 2.75) is 43.9 Å². The third-order valence-corrected chi connectivity index (χ3v) is 4.90. The molecule has 1 aromatic carbocycles. The number of hydrogen-bond donors (Lipinski definition) is 2. The molecule has 1 aliphatic carbocycles. The van der Waals surface area contributed by atoms with E-state index in [2.05, 4.69) is 5.32 Å². The Kier molecular flexibility index (Phi) is 6.46. The van der Waals surface area contributed by atoms with Crippen LogP contribution >= 0.6 is 0 Å². The molecule has 0 heterocycles. The summed E-state index contributed by atoms with van der Waals surface area (Å²) < 4.78 is 38.8. The van der Waals surface area contributed by atoms with Gasteiger partial charge in [-0.2, -0.15) is 13.2 Å². The van der Waals surface area contributed by atoms with E-state index in [4.69, 9.17) is 5.11 Å². The molecule has 0 aromatic heterocycles. The van der Waals surface area contributed by atoms with Crippen LogP contribution in [0.2, 0.25) is 0 Å². The molecule has 0 amide bonds. The smallest absolute Gasteiger partial charge is 0.416 e. The highest BCUT2D eigenvalue weighted by atomic mass is 19.4. The third kappa shape index (κ3) is 5.44. The van der Waals surface area contributed by atoms with Crippen LogP contribution in [0, 0.1) is 5.92 Å². The quantitative estimate of drug-likeness (QED) is 0.817. The van der Waals surface area contributed by atoms with Crippen LogP contribution in [0.1, 0.15) is 42.9 Å². The molecule has 1 aromatic rings. The Bertz CT molecular complexity index is 582. The minimum atomic E-state index is -4.35. The summed E-state index contributed by atoms with van der Waals surface area (Å²) in [5, 5.41) is 12.4. The molecule has 140 valence electrons. The van der Waals surface area contributed by atoms with Crippen LogP contribution in [0.3, 0.4) is 0 Å². The number of likely N-dealkylation sites (N-methyl/N-ethyl adjacent to an activating group) is 1.